The predicted molar refractivity (Wildman–Crippen MR) is 55.4 cm³/mol. The number of carbonyl (C=O) groups is 1. The zero-order valence-electron chi connectivity index (χ0n) is 9.80. The van der Waals surface area contributed by atoms with Crippen molar-refractivity contribution in [3.63, 3.8) is 0 Å². The first-order chi connectivity index (χ1) is 7.75. The molecule has 4 nitrogen and oxygen atoms in total. The molecule has 1 atom stereocenters. The lowest BCUT2D eigenvalue weighted by molar-refractivity contribution is -0.141. The van der Waals surface area contributed by atoms with E-state index in [-0.39, 0.29) is 11.7 Å². The van der Waals surface area contributed by atoms with Crippen LogP contribution in [-0.4, -0.2) is 21.7 Å². The van der Waals surface area contributed by atoms with Gasteiger partial charge in [0.05, 0.1) is 0 Å². The summed E-state index contributed by atoms with van der Waals surface area (Å²) >= 11 is 0. The van der Waals surface area contributed by atoms with E-state index in [4.69, 9.17) is 0 Å². The molecule has 1 N–H and O–H groups in total. The fraction of sp³-hybridized carbons (Fsp3) is 0.600. The van der Waals surface area contributed by atoms with E-state index in [9.17, 15) is 18.0 Å². The minimum atomic E-state index is -4.54. The minimum absolute atomic E-state index is 0.0910. The molecule has 0 radical (unpaired) electrons. The molecular weight excluding hydrogens is 235 g/mol. The lowest BCUT2D eigenvalue weighted by Crippen LogP contribution is -2.33. The lowest BCUT2D eigenvalue weighted by atomic mass is 10.2. The van der Waals surface area contributed by atoms with Crippen LogP contribution in [0.3, 0.4) is 0 Å². The number of nitrogens with one attached hydrogen (secondary N) is 1. The average molecular weight is 249 g/mol. The van der Waals surface area contributed by atoms with Crippen LogP contribution in [0.15, 0.2) is 6.07 Å². The second-order valence-electron chi connectivity index (χ2n) is 3.82. The van der Waals surface area contributed by atoms with E-state index in [0.29, 0.717) is 6.42 Å². The largest absolute Gasteiger partial charge is 0.435 e. The maximum absolute atomic E-state index is 12.4. The van der Waals surface area contributed by atoms with E-state index in [2.05, 4.69) is 10.4 Å². The van der Waals surface area contributed by atoms with Crippen LogP contribution in [0, 0.1) is 0 Å². The molecule has 0 saturated carbocycles. The van der Waals surface area contributed by atoms with Crippen LogP contribution >= 0.6 is 0 Å². The van der Waals surface area contributed by atoms with Gasteiger partial charge < -0.3 is 5.32 Å². The summed E-state index contributed by atoms with van der Waals surface area (Å²) in [6.07, 6.45) is -3.83. The van der Waals surface area contributed by atoms with Crippen LogP contribution in [0.1, 0.15) is 36.5 Å². The van der Waals surface area contributed by atoms with Gasteiger partial charge in [0.15, 0.2) is 5.69 Å². The fourth-order valence-electron chi connectivity index (χ4n) is 1.22. The third kappa shape index (κ3) is 3.21. The monoisotopic (exact) mass is 249 g/mol. The Hall–Kier alpha value is -1.53. The molecule has 1 rings (SSSR count). The Kier molecular flexibility index (Phi) is 3.79. The van der Waals surface area contributed by atoms with Crippen molar-refractivity contribution in [2.75, 3.05) is 0 Å². The van der Waals surface area contributed by atoms with Gasteiger partial charge in [0, 0.05) is 19.2 Å². The summed E-state index contributed by atoms with van der Waals surface area (Å²) in [7, 11) is 1.31. The van der Waals surface area contributed by atoms with Crippen LogP contribution in [0.5, 0.6) is 0 Å². The Labute approximate surface area is 96.8 Å². The SMILES string of the molecule is CC[C@H](C)NC(=O)c1cc(C(F)(F)F)nn1C. The summed E-state index contributed by atoms with van der Waals surface area (Å²) < 4.78 is 38.0. The fourth-order valence-corrected chi connectivity index (χ4v) is 1.22. The van der Waals surface area contributed by atoms with Gasteiger partial charge in [-0.25, -0.2) is 0 Å². The first kappa shape index (κ1) is 13.5. The zero-order valence-corrected chi connectivity index (χ0v) is 9.80. The van der Waals surface area contributed by atoms with Crippen molar-refractivity contribution in [2.45, 2.75) is 32.5 Å². The highest BCUT2D eigenvalue weighted by Gasteiger charge is 2.35. The van der Waals surface area contributed by atoms with Crippen molar-refractivity contribution in [1.82, 2.24) is 15.1 Å². The van der Waals surface area contributed by atoms with Crippen LogP contribution in [0.4, 0.5) is 13.2 Å². The summed E-state index contributed by atoms with van der Waals surface area (Å²) in [6, 6.07) is 0.657. The number of nitrogens with zero attached hydrogens (tertiary/aromatic N) is 2. The maximum atomic E-state index is 12.4. The van der Waals surface area contributed by atoms with Gasteiger partial charge in [0.25, 0.3) is 5.91 Å². The van der Waals surface area contributed by atoms with Gasteiger partial charge in [0.2, 0.25) is 0 Å². The lowest BCUT2D eigenvalue weighted by Gasteiger charge is -2.10. The molecular formula is C10H14F3N3O. The van der Waals surface area contributed by atoms with E-state index >= 15 is 0 Å². The van der Waals surface area contributed by atoms with E-state index < -0.39 is 17.8 Å². The topological polar surface area (TPSA) is 46.9 Å². The molecule has 0 aromatic carbocycles. The van der Waals surface area contributed by atoms with E-state index in [1.54, 1.807) is 6.92 Å². The van der Waals surface area contributed by atoms with E-state index in [0.717, 1.165) is 10.7 Å². The third-order valence-corrected chi connectivity index (χ3v) is 2.39. The van der Waals surface area contributed by atoms with Crippen molar-refractivity contribution in [1.29, 1.82) is 0 Å². The van der Waals surface area contributed by atoms with E-state index in [1.165, 1.54) is 7.05 Å². The van der Waals surface area contributed by atoms with Crippen LogP contribution in [-0.2, 0) is 13.2 Å². The van der Waals surface area contributed by atoms with Gasteiger partial charge in [-0.05, 0) is 13.3 Å². The van der Waals surface area contributed by atoms with Crippen molar-refractivity contribution in [3.8, 4) is 0 Å². The van der Waals surface area contributed by atoms with E-state index in [1.807, 2.05) is 6.92 Å². The second-order valence-corrected chi connectivity index (χ2v) is 3.82. The molecule has 0 aliphatic rings. The second kappa shape index (κ2) is 4.77. The molecule has 0 aliphatic heterocycles. The van der Waals surface area contributed by atoms with Crippen LogP contribution in [0.25, 0.3) is 0 Å². The zero-order chi connectivity index (χ0) is 13.2. The average Bonchev–Trinajstić information content (AvgIpc) is 2.59. The number of hydrogen-bond donors (Lipinski definition) is 1. The normalized spacial score (nSPS) is 13.5. The number of amides is 1. The first-order valence-electron chi connectivity index (χ1n) is 5.17. The highest BCUT2D eigenvalue weighted by molar-refractivity contribution is 5.92. The molecule has 0 spiro atoms. The Morgan fingerprint density at radius 2 is 2.18 bits per heavy atom. The van der Waals surface area contributed by atoms with Gasteiger partial charge in [-0.2, -0.15) is 18.3 Å². The Balaban J connectivity index is 2.92. The van der Waals surface area contributed by atoms with Gasteiger partial charge in [-0.3, -0.25) is 9.48 Å². The number of aromatic nitrogens is 2. The summed E-state index contributed by atoms with van der Waals surface area (Å²) in [5.41, 5.74) is -1.16. The van der Waals surface area contributed by atoms with Crippen molar-refractivity contribution in [3.05, 3.63) is 17.5 Å². The summed E-state index contributed by atoms with van der Waals surface area (Å²) in [4.78, 5) is 11.6. The highest BCUT2D eigenvalue weighted by Crippen LogP contribution is 2.28. The molecule has 1 amide bonds. The Morgan fingerprint density at radius 1 is 1.59 bits per heavy atom. The summed E-state index contributed by atoms with van der Waals surface area (Å²) in [6.45, 7) is 3.65. The number of hydrogen-bond acceptors (Lipinski definition) is 2. The Morgan fingerprint density at radius 3 is 2.59 bits per heavy atom. The van der Waals surface area contributed by atoms with Crippen molar-refractivity contribution < 1.29 is 18.0 Å². The molecule has 1 aromatic heterocycles. The van der Waals surface area contributed by atoms with Gasteiger partial charge in [0.1, 0.15) is 5.69 Å². The molecule has 0 bridgehead atoms. The molecule has 0 aliphatic carbocycles. The van der Waals surface area contributed by atoms with Gasteiger partial charge >= 0.3 is 6.18 Å². The number of rotatable bonds is 3. The molecule has 0 fully saturated rings. The van der Waals surface area contributed by atoms with Gasteiger partial charge in [-0.1, -0.05) is 6.92 Å². The Bertz CT molecular complexity index is 411. The van der Waals surface area contributed by atoms with Crippen molar-refractivity contribution >= 4 is 5.91 Å². The first-order valence-corrected chi connectivity index (χ1v) is 5.17. The quantitative estimate of drug-likeness (QED) is 0.890. The smallest absolute Gasteiger partial charge is 0.348 e. The molecule has 1 heterocycles. The number of aryl methyl sites for hydroxylation is 1. The molecule has 7 heteroatoms. The standard InChI is InChI=1S/C10H14F3N3O/c1-4-6(2)14-9(17)7-5-8(10(11,12)13)15-16(7)3/h5-6H,4H2,1-3H3,(H,14,17)/t6-/m0/s1. The highest BCUT2D eigenvalue weighted by atomic mass is 19.4. The third-order valence-electron chi connectivity index (χ3n) is 2.39. The predicted octanol–water partition coefficient (Wildman–Crippen LogP) is 1.97. The summed E-state index contributed by atoms with van der Waals surface area (Å²) in [5.74, 6) is -0.551. The van der Waals surface area contributed by atoms with Crippen molar-refractivity contribution in [2.24, 2.45) is 7.05 Å². The minimum Gasteiger partial charge on any atom is -0.348 e. The van der Waals surface area contributed by atoms with Gasteiger partial charge in [-0.15, -0.1) is 0 Å². The molecule has 96 valence electrons. The van der Waals surface area contributed by atoms with Crippen LogP contribution < -0.4 is 5.32 Å². The summed E-state index contributed by atoms with van der Waals surface area (Å²) in [5, 5.41) is 5.85. The number of halogens is 3. The molecule has 0 saturated heterocycles. The maximum Gasteiger partial charge on any atom is 0.435 e. The molecule has 17 heavy (non-hydrogen) atoms. The molecule has 0 unspecified atom stereocenters. The number of alkyl halides is 3. The number of carbonyl (C=O) groups excluding carboxylic acids is 1. The van der Waals surface area contributed by atoms with Crippen LogP contribution in [0.2, 0.25) is 0 Å². The molecule has 1 aromatic rings.